The lowest BCUT2D eigenvalue weighted by Crippen LogP contribution is -2.57. The summed E-state index contributed by atoms with van der Waals surface area (Å²) in [5.74, 6) is -0.722. The van der Waals surface area contributed by atoms with Gasteiger partial charge in [-0.2, -0.15) is 0 Å². The second-order valence-corrected chi connectivity index (χ2v) is 8.90. The number of rotatable bonds is 3. The summed E-state index contributed by atoms with van der Waals surface area (Å²) >= 11 is 0. The Kier molecular flexibility index (Phi) is 5.23. The first-order chi connectivity index (χ1) is 15.0. The molecule has 1 unspecified atom stereocenters. The summed E-state index contributed by atoms with van der Waals surface area (Å²) in [5.41, 5.74) is 2.60. The van der Waals surface area contributed by atoms with Crippen LogP contribution in [0.15, 0.2) is 18.2 Å². The maximum Gasteiger partial charge on any atom is 0.255 e. The van der Waals surface area contributed by atoms with E-state index in [9.17, 15) is 19.2 Å². The number of carbonyl (C=O) groups is 4. The first kappa shape index (κ1) is 20.1. The van der Waals surface area contributed by atoms with E-state index in [1.165, 1.54) is 0 Å². The molecule has 9 nitrogen and oxygen atoms in total. The summed E-state index contributed by atoms with van der Waals surface area (Å²) in [4.78, 5) is 52.5. The van der Waals surface area contributed by atoms with Crippen LogP contribution in [0.25, 0.3) is 0 Å². The Bertz CT molecular complexity index is 948. The van der Waals surface area contributed by atoms with E-state index in [1.54, 1.807) is 4.90 Å². The van der Waals surface area contributed by atoms with Crippen molar-refractivity contribution in [2.24, 2.45) is 0 Å². The second-order valence-electron chi connectivity index (χ2n) is 8.90. The Balaban J connectivity index is 1.26. The van der Waals surface area contributed by atoms with Gasteiger partial charge in [0, 0.05) is 57.2 Å². The minimum atomic E-state index is -0.591. The van der Waals surface area contributed by atoms with Gasteiger partial charge in [-0.05, 0) is 30.0 Å². The Morgan fingerprint density at radius 3 is 2.71 bits per heavy atom. The molecule has 0 aromatic heterocycles. The third-order valence-electron chi connectivity index (χ3n) is 6.80. The van der Waals surface area contributed by atoms with Gasteiger partial charge in [0.25, 0.3) is 5.91 Å². The van der Waals surface area contributed by atoms with E-state index in [1.807, 2.05) is 18.2 Å². The van der Waals surface area contributed by atoms with E-state index < -0.39 is 6.04 Å². The molecule has 3 N–H and O–H groups in total. The lowest BCUT2D eigenvalue weighted by molar-refractivity contribution is -0.137. The molecule has 9 heteroatoms. The Hall–Kier alpha value is -2.78. The molecule has 0 bridgehead atoms. The average Bonchev–Trinajstić information content (AvgIpc) is 2.93. The lowest BCUT2D eigenvalue weighted by atomic mass is 9.98. The first-order valence-corrected chi connectivity index (χ1v) is 11.0. The third kappa shape index (κ3) is 3.95. The molecule has 3 atom stereocenters. The van der Waals surface area contributed by atoms with Gasteiger partial charge in [0.2, 0.25) is 17.7 Å². The van der Waals surface area contributed by atoms with Crippen LogP contribution < -0.4 is 16.0 Å². The van der Waals surface area contributed by atoms with Crippen molar-refractivity contribution in [2.75, 3.05) is 19.6 Å². The number of nitrogens with one attached hydrogen (secondary N) is 3. The number of imide groups is 1. The first-order valence-electron chi connectivity index (χ1n) is 11.0. The number of hydrogen-bond donors (Lipinski definition) is 3. The number of hydrogen-bond acceptors (Lipinski definition) is 6. The number of amides is 4. The minimum Gasteiger partial charge on any atom is -0.350 e. The van der Waals surface area contributed by atoms with Crippen LogP contribution in [-0.4, -0.2) is 71.2 Å². The Morgan fingerprint density at radius 1 is 1.00 bits per heavy atom. The highest BCUT2D eigenvalue weighted by atomic mass is 16.2. The number of piperidine rings is 2. The highest BCUT2D eigenvalue weighted by Gasteiger charge is 2.39. The van der Waals surface area contributed by atoms with Crippen LogP contribution in [0.3, 0.4) is 0 Å². The van der Waals surface area contributed by atoms with Crippen LogP contribution in [0.4, 0.5) is 0 Å². The maximum absolute atomic E-state index is 13.0. The van der Waals surface area contributed by atoms with Crippen LogP contribution in [0, 0.1) is 0 Å². The van der Waals surface area contributed by atoms with Gasteiger partial charge in [-0.15, -0.1) is 0 Å². The molecule has 1 aromatic rings. The monoisotopic (exact) mass is 425 g/mol. The predicted octanol–water partition coefficient (Wildman–Crippen LogP) is -0.500. The number of fused-ring (bicyclic) bond motifs is 2. The van der Waals surface area contributed by atoms with Gasteiger partial charge >= 0.3 is 0 Å². The molecule has 1 aromatic carbocycles. The van der Waals surface area contributed by atoms with Crippen molar-refractivity contribution >= 4 is 23.6 Å². The van der Waals surface area contributed by atoms with Crippen LogP contribution in [0.1, 0.15) is 47.2 Å². The van der Waals surface area contributed by atoms with E-state index in [4.69, 9.17) is 0 Å². The van der Waals surface area contributed by atoms with Crippen molar-refractivity contribution in [3.8, 4) is 0 Å². The summed E-state index contributed by atoms with van der Waals surface area (Å²) in [7, 11) is 0. The van der Waals surface area contributed by atoms with Crippen molar-refractivity contribution < 1.29 is 19.2 Å². The molecule has 4 aliphatic heterocycles. The van der Waals surface area contributed by atoms with Crippen molar-refractivity contribution in [2.45, 2.75) is 56.9 Å². The van der Waals surface area contributed by atoms with Crippen LogP contribution in [0.2, 0.25) is 0 Å². The topological polar surface area (TPSA) is 111 Å². The molecular formula is C22H27N5O4. The smallest absolute Gasteiger partial charge is 0.255 e. The fraction of sp³-hybridized carbons (Fsp3) is 0.545. The van der Waals surface area contributed by atoms with Crippen molar-refractivity contribution in [1.82, 2.24) is 25.8 Å². The Morgan fingerprint density at radius 2 is 1.87 bits per heavy atom. The molecule has 4 amide bonds. The van der Waals surface area contributed by atoms with Gasteiger partial charge < -0.3 is 15.5 Å². The fourth-order valence-corrected chi connectivity index (χ4v) is 5.16. The van der Waals surface area contributed by atoms with Crippen molar-refractivity contribution in [3.05, 3.63) is 34.9 Å². The molecule has 5 rings (SSSR count). The van der Waals surface area contributed by atoms with Crippen molar-refractivity contribution in [3.63, 3.8) is 0 Å². The SMILES string of the molecule is O=C1CCC(N2Cc3ccc(CN4CC[C@@H]5NCCC(=O)N[C@@H]5C4)cc3C2=O)C(=O)N1. The van der Waals surface area contributed by atoms with Gasteiger partial charge in [0.15, 0.2) is 0 Å². The van der Waals surface area contributed by atoms with E-state index in [0.29, 0.717) is 37.5 Å². The molecule has 4 heterocycles. The van der Waals surface area contributed by atoms with E-state index in [-0.39, 0.29) is 36.1 Å². The quantitative estimate of drug-likeness (QED) is 0.563. The molecule has 31 heavy (non-hydrogen) atoms. The zero-order valence-electron chi connectivity index (χ0n) is 17.4. The third-order valence-corrected chi connectivity index (χ3v) is 6.80. The normalized spacial score (nSPS) is 29.2. The number of nitrogens with zero attached hydrogens (tertiary/aromatic N) is 2. The van der Waals surface area contributed by atoms with E-state index in [0.717, 1.165) is 37.2 Å². The van der Waals surface area contributed by atoms with Crippen molar-refractivity contribution in [1.29, 1.82) is 0 Å². The zero-order valence-corrected chi connectivity index (χ0v) is 17.4. The van der Waals surface area contributed by atoms with Crippen LogP contribution >= 0.6 is 0 Å². The number of carbonyl (C=O) groups excluding carboxylic acids is 4. The van der Waals surface area contributed by atoms with Gasteiger partial charge in [0.1, 0.15) is 6.04 Å². The molecule has 0 spiro atoms. The summed E-state index contributed by atoms with van der Waals surface area (Å²) in [6.45, 7) is 3.53. The van der Waals surface area contributed by atoms with Gasteiger partial charge in [0.05, 0.1) is 6.04 Å². The Labute approximate surface area is 180 Å². The van der Waals surface area contributed by atoms with Gasteiger partial charge in [-0.3, -0.25) is 29.4 Å². The van der Waals surface area contributed by atoms with Gasteiger partial charge in [-0.1, -0.05) is 12.1 Å². The van der Waals surface area contributed by atoms with Crippen LogP contribution in [-0.2, 0) is 27.5 Å². The van der Waals surface area contributed by atoms with Crippen LogP contribution in [0.5, 0.6) is 0 Å². The standard InChI is InChI=1S/C22H27N5O4/c28-19-4-3-18(21(30)25-19)27-11-14-2-1-13(9-15(14)22(27)31)10-26-8-6-16-17(12-26)24-20(29)5-7-23-16/h1-2,9,16-18,23H,3-8,10-12H2,(H,24,29)(H,25,28,30)/t16-,17+,18?/m0/s1. The molecule has 3 fully saturated rings. The summed E-state index contributed by atoms with van der Waals surface area (Å²) in [6, 6.07) is 5.76. The van der Waals surface area contributed by atoms with Gasteiger partial charge in [-0.25, -0.2) is 0 Å². The molecule has 164 valence electrons. The summed E-state index contributed by atoms with van der Waals surface area (Å²) in [5, 5.41) is 8.93. The van der Waals surface area contributed by atoms with E-state index in [2.05, 4.69) is 20.9 Å². The second kappa shape index (κ2) is 8.05. The molecule has 3 saturated heterocycles. The molecule has 0 aliphatic carbocycles. The zero-order chi connectivity index (χ0) is 21.5. The fourth-order valence-electron chi connectivity index (χ4n) is 5.16. The molecule has 0 saturated carbocycles. The largest absolute Gasteiger partial charge is 0.350 e. The summed E-state index contributed by atoms with van der Waals surface area (Å²) in [6.07, 6.45) is 2.11. The highest BCUT2D eigenvalue weighted by Crippen LogP contribution is 2.29. The number of likely N-dealkylation sites (tertiary alicyclic amines) is 1. The molecule has 4 aliphatic rings. The maximum atomic E-state index is 13.0. The molecular weight excluding hydrogens is 398 g/mol. The van der Waals surface area contributed by atoms with E-state index >= 15 is 0 Å². The molecule has 0 radical (unpaired) electrons. The minimum absolute atomic E-state index is 0.0959. The average molecular weight is 425 g/mol. The predicted molar refractivity (Wildman–Crippen MR) is 111 cm³/mol. The highest BCUT2D eigenvalue weighted by molar-refractivity contribution is 6.05. The summed E-state index contributed by atoms with van der Waals surface area (Å²) < 4.78 is 0. The number of benzene rings is 1. The lowest BCUT2D eigenvalue weighted by Gasteiger charge is -2.38.